The van der Waals surface area contributed by atoms with Crippen LogP contribution in [0.1, 0.15) is 18.5 Å². The van der Waals surface area contributed by atoms with Crippen LogP contribution in [-0.4, -0.2) is 49.1 Å². The van der Waals surface area contributed by atoms with E-state index in [1.807, 2.05) is 0 Å². The first-order valence-electron chi connectivity index (χ1n) is 6.56. The molecule has 0 aromatic heterocycles. The van der Waals surface area contributed by atoms with Crippen LogP contribution < -0.4 is 5.73 Å². The summed E-state index contributed by atoms with van der Waals surface area (Å²) >= 11 is 0. The molecule has 1 saturated heterocycles. The normalized spacial score (nSPS) is 18.5. The number of benzene rings is 1. The van der Waals surface area contributed by atoms with Gasteiger partial charge in [0, 0.05) is 38.8 Å². The van der Waals surface area contributed by atoms with E-state index >= 15 is 0 Å². The molecule has 1 fully saturated rings. The third-order valence-corrected chi connectivity index (χ3v) is 3.62. The number of nitrogens with two attached hydrogens (primary N) is 1. The van der Waals surface area contributed by atoms with Crippen molar-refractivity contribution in [3.05, 3.63) is 35.9 Å². The predicted octanol–water partition coefficient (Wildman–Crippen LogP) is 3.01. The molecule has 1 aromatic carbocycles. The lowest BCUT2D eigenvalue weighted by Gasteiger charge is -2.41. The van der Waals surface area contributed by atoms with E-state index in [9.17, 15) is 0 Å². The molecule has 7 heteroatoms. The van der Waals surface area contributed by atoms with Gasteiger partial charge in [0.2, 0.25) is 0 Å². The number of nitrogens with zero attached hydrogens (tertiary/aromatic N) is 2. The Morgan fingerprint density at radius 1 is 1.05 bits per heavy atom. The Hall–Kier alpha value is 0.260. The molecule has 1 atom stereocenters. The first-order chi connectivity index (χ1) is 8.35. The van der Waals surface area contributed by atoms with Crippen molar-refractivity contribution in [2.24, 2.45) is 5.73 Å². The van der Waals surface area contributed by atoms with E-state index < -0.39 is 0 Å². The highest BCUT2D eigenvalue weighted by molar-refractivity contribution is 5.86. The van der Waals surface area contributed by atoms with Crippen molar-refractivity contribution >= 4 is 49.6 Å². The van der Waals surface area contributed by atoms with Gasteiger partial charge in [-0.05, 0) is 12.1 Å². The molecule has 0 spiro atoms. The standard InChI is InChI=1S/C14H23N3.4ClH/c1-2-16-10-11-17(9-8-15)14(12-16)13-6-4-3-5-7-13;;;;/h3-7,14H,2,8-12,15H2,1H3;4*1H. The van der Waals surface area contributed by atoms with E-state index in [1.54, 1.807) is 0 Å². The van der Waals surface area contributed by atoms with Crippen LogP contribution >= 0.6 is 49.6 Å². The Morgan fingerprint density at radius 2 is 1.67 bits per heavy atom. The summed E-state index contributed by atoms with van der Waals surface area (Å²) in [5, 5.41) is 0. The van der Waals surface area contributed by atoms with Crippen molar-refractivity contribution in [2.45, 2.75) is 13.0 Å². The van der Waals surface area contributed by atoms with Crippen LogP contribution in [0.25, 0.3) is 0 Å². The quantitative estimate of drug-likeness (QED) is 0.873. The van der Waals surface area contributed by atoms with Crippen LogP contribution in [0.2, 0.25) is 0 Å². The van der Waals surface area contributed by atoms with Crippen LogP contribution in [0.5, 0.6) is 0 Å². The summed E-state index contributed by atoms with van der Waals surface area (Å²) in [4.78, 5) is 5.03. The number of piperazine rings is 1. The summed E-state index contributed by atoms with van der Waals surface area (Å²) in [6.07, 6.45) is 0. The highest BCUT2D eigenvalue weighted by Gasteiger charge is 2.26. The highest BCUT2D eigenvalue weighted by atomic mass is 35.5. The summed E-state index contributed by atoms with van der Waals surface area (Å²) in [7, 11) is 0. The Bertz CT molecular complexity index is 340. The van der Waals surface area contributed by atoms with Crippen molar-refractivity contribution in [1.29, 1.82) is 0 Å². The van der Waals surface area contributed by atoms with Gasteiger partial charge in [0.1, 0.15) is 0 Å². The number of rotatable bonds is 4. The first kappa shape index (κ1) is 26.2. The molecule has 1 unspecified atom stereocenters. The maximum Gasteiger partial charge on any atom is 0.0476 e. The molecule has 21 heavy (non-hydrogen) atoms. The molecule has 126 valence electrons. The van der Waals surface area contributed by atoms with Gasteiger partial charge < -0.3 is 10.6 Å². The van der Waals surface area contributed by atoms with E-state index in [2.05, 4.69) is 47.1 Å². The fraction of sp³-hybridized carbons (Fsp3) is 0.571. The third kappa shape index (κ3) is 7.38. The van der Waals surface area contributed by atoms with E-state index in [4.69, 9.17) is 5.73 Å². The number of likely N-dealkylation sites (N-methyl/N-ethyl adjacent to an activating group) is 1. The lowest BCUT2D eigenvalue weighted by molar-refractivity contribution is 0.0800. The molecule has 0 radical (unpaired) electrons. The lowest BCUT2D eigenvalue weighted by atomic mass is 10.0. The number of hydrogen-bond acceptors (Lipinski definition) is 3. The zero-order chi connectivity index (χ0) is 12.1. The average molecular weight is 379 g/mol. The predicted molar refractivity (Wildman–Crippen MR) is 101 cm³/mol. The highest BCUT2D eigenvalue weighted by Crippen LogP contribution is 2.24. The van der Waals surface area contributed by atoms with Crippen LogP contribution in [-0.2, 0) is 0 Å². The molecule has 0 bridgehead atoms. The largest absolute Gasteiger partial charge is 0.329 e. The summed E-state index contributed by atoms with van der Waals surface area (Å²) in [5.41, 5.74) is 7.13. The van der Waals surface area contributed by atoms with Crippen LogP contribution in [0.4, 0.5) is 0 Å². The summed E-state index contributed by atoms with van der Waals surface area (Å²) in [6.45, 7) is 8.54. The molecule has 1 aromatic rings. The van der Waals surface area contributed by atoms with E-state index in [-0.39, 0.29) is 49.6 Å². The van der Waals surface area contributed by atoms with Gasteiger partial charge >= 0.3 is 0 Å². The second-order valence-corrected chi connectivity index (χ2v) is 4.64. The second-order valence-electron chi connectivity index (χ2n) is 4.64. The smallest absolute Gasteiger partial charge is 0.0476 e. The molecule has 2 N–H and O–H groups in total. The Labute approximate surface area is 153 Å². The maximum atomic E-state index is 5.71. The van der Waals surface area contributed by atoms with Gasteiger partial charge in [-0.3, -0.25) is 4.90 Å². The van der Waals surface area contributed by atoms with Gasteiger partial charge in [0.05, 0.1) is 0 Å². The zero-order valence-electron chi connectivity index (χ0n) is 12.3. The molecule has 2 rings (SSSR count). The summed E-state index contributed by atoms with van der Waals surface area (Å²) < 4.78 is 0. The molecule has 0 saturated carbocycles. The van der Waals surface area contributed by atoms with Crippen LogP contribution in [0, 0.1) is 0 Å². The Morgan fingerprint density at radius 3 is 2.19 bits per heavy atom. The Balaban J connectivity index is -0.000000810. The molecule has 0 amide bonds. The van der Waals surface area contributed by atoms with Crippen molar-refractivity contribution in [2.75, 3.05) is 39.3 Å². The average Bonchev–Trinajstić information content (AvgIpc) is 2.40. The Kier molecular flexibility index (Phi) is 17.3. The zero-order valence-corrected chi connectivity index (χ0v) is 15.6. The molecular formula is C14H27Cl4N3. The fourth-order valence-corrected chi connectivity index (χ4v) is 2.59. The second kappa shape index (κ2) is 13.9. The molecule has 3 nitrogen and oxygen atoms in total. The van der Waals surface area contributed by atoms with Gasteiger partial charge in [-0.15, -0.1) is 49.6 Å². The van der Waals surface area contributed by atoms with Crippen molar-refractivity contribution in [1.82, 2.24) is 9.80 Å². The summed E-state index contributed by atoms with van der Waals surface area (Å²) in [6, 6.07) is 11.3. The first-order valence-corrected chi connectivity index (χ1v) is 6.56. The minimum Gasteiger partial charge on any atom is -0.329 e. The van der Waals surface area contributed by atoms with Crippen molar-refractivity contribution in [3.8, 4) is 0 Å². The van der Waals surface area contributed by atoms with E-state index in [1.165, 1.54) is 12.1 Å². The lowest BCUT2D eigenvalue weighted by Crippen LogP contribution is -2.49. The van der Waals surface area contributed by atoms with Gasteiger partial charge in [0.25, 0.3) is 0 Å². The monoisotopic (exact) mass is 377 g/mol. The van der Waals surface area contributed by atoms with E-state index in [0.717, 1.165) is 32.7 Å². The van der Waals surface area contributed by atoms with Gasteiger partial charge in [-0.25, -0.2) is 0 Å². The fourth-order valence-electron chi connectivity index (χ4n) is 2.59. The van der Waals surface area contributed by atoms with Crippen molar-refractivity contribution < 1.29 is 0 Å². The van der Waals surface area contributed by atoms with Crippen LogP contribution in [0.15, 0.2) is 30.3 Å². The minimum atomic E-state index is 0. The molecular weight excluding hydrogens is 352 g/mol. The minimum absolute atomic E-state index is 0. The maximum absolute atomic E-state index is 5.71. The number of halogens is 4. The van der Waals surface area contributed by atoms with Crippen LogP contribution in [0.3, 0.4) is 0 Å². The van der Waals surface area contributed by atoms with Crippen molar-refractivity contribution in [3.63, 3.8) is 0 Å². The topological polar surface area (TPSA) is 32.5 Å². The third-order valence-electron chi connectivity index (χ3n) is 3.62. The SMILES string of the molecule is CCN1CCN(CCN)C(c2ccccc2)C1.Cl.Cl.Cl.Cl. The van der Waals surface area contributed by atoms with Gasteiger partial charge in [0.15, 0.2) is 0 Å². The number of hydrogen-bond donors (Lipinski definition) is 1. The van der Waals surface area contributed by atoms with E-state index in [0.29, 0.717) is 6.04 Å². The summed E-state index contributed by atoms with van der Waals surface area (Å²) in [5.74, 6) is 0. The van der Waals surface area contributed by atoms with Gasteiger partial charge in [-0.1, -0.05) is 37.3 Å². The van der Waals surface area contributed by atoms with Gasteiger partial charge in [-0.2, -0.15) is 0 Å². The molecule has 1 aliphatic heterocycles. The molecule has 1 heterocycles. The molecule has 1 aliphatic rings. The molecule has 0 aliphatic carbocycles.